The summed E-state index contributed by atoms with van der Waals surface area (Å²) in [4.78, 5) is 12.2. The van der Waals surface area contributed by atoms with Crippen LogP contribution in [0.4, 0.5) is 0 Å². The summed E-state index contributed by atoms with van der Waals surface area (Å²) in [6.45, 7) is 0. The van der Waals surface area contributed by atoms with Crippen LogP contribution in [0, 0.1) is 6.07 Å². The van der Waals surface area contributed by atoms with E-state index in [0.29, 0.717) is 24.2 Å². The molecule has 0 aliphatic rings. The second-order valence-electron chi connectivity index (χ2n) is 8.16. The molecule has 0 saturated heterocycles. The van der Waals surface area contributed by atoms with Crippen LogP contribution in [0.15, 0.2) is 97.5 Å². The zero-order valence-electron chi connectivity index (χ0n) is 19.3. The number of aromatic nitrogens is 4. The molecule has 6 heteroatoms. The van der Waals surface area contributed by atoms with E-state index < -0.39 is 0 Å². The minimum atomic E-state index is 0. The van der Waals surface area contributed by atoms with Gasteiger partial charge >= 0.3 is 0 Å². The van der Waals surface area contributed by atoms with Gasteiger partial charge in [-0.25, -0.2) is 4.98 Å². The molecular weight excluding hydrogens is 615 g/mol. The van der Waals surface area contributed by atoms with E-state index in [0.717, 1.165) is 33.8 Å². The standard InChI is InChI=1S/C29H25N4O.Pt/c1-33-20-25(32-29(33)22-12-6-3-7-13-22)15-9-8-14-23-18-24(21-10-4-2-5-11-21)19-26(27(23)34)28-30-16-17-31-28;/h2-12,16-20,34H,14-15H2,1H3,(H,30,31);/q-1;/b9-8-;. The number of phenols is 1. The minimum absolute atomic E-state index is 0. The zero-order valence-corrected chi connectivity index (χ0v) is 21.5. The first-order valence-electron chi connectivity index (χ1n) is 11.2. The smallest absolute Gasteiger partial charge is 0.141 e. The van der Waals surface area contributed by atoms with E-state index >= 15 is 0 Å². The molecule has 5 nitrogen and oxygen atoms in total. The maximum atomic E-state index is 11.0. The maximum Gasteiger partial charge on any atom is 0.141 e. The molecule has 178 valence electrons. The second-order valence-corrected chi connectivity index (χ2v) is 8.16. The third-order valence-electron chi connectivity index (χ3n) is 5.76. The first-order chi connectivity index (χ1) is 16.7. The van der Waals surface area contributed by atoms with Crippen LogP contribution in [0.3, 0.4) is 0 Å². The molecule has 5 aromatic rings. The molecule has 2 N–H and O–H groups in total. The van der Waals surface area contributed by atoms with E-state index in [-0.39, 0.29) is 26.8 Å². The van der Waals surface area contributed by atoms with Crippen molar-refractivity contribution in [2.45, 2.75) is 12.8 Å². The number of benzene rings is 3. The molecule has 5 rings (SSSR count). The molecule has 0 spiro atoms. The van der Waals surface area contributed by atoms with E-state index in [2.05, 4.69) is 40.3 Å². The van der Waals surface area contributed by atoms with Crippen LogP contribution in [0.1, 0.15) is 11.3 Å². The molecule has 0 aliphatic carbocycles. The number of nitrogens with one attached hydrogen (secondary N) is 1. The van der Waals surface area contributed by atoms with Crippen LogP contribution in [-0.4, -0.2) is 24.6 Å². The molecule has 0 atom stereocenters. The molecule has 0 unspecified atom stereocenters. The number of aryl methyl sites for hydroxylation is 1. The summed E-state index contributed by atoms with van der Waals surface area (Å²) in [5, 5.41) is 11.0. The maximum absolute atomic E-state index is 11.0. The van der Waals surface area contributed by atoms with Crippen molar-refractivity contribution in [3.05, 3.63) is 115 Å². The van der Waals surface area contributed by atoms with Gasteiger partial charge < -0.3 is 14.7 Å². The van der Waals surface area contributed by atoms with Gasteiger partial charge in [0.05, 0.1) is 17.1 Å². The van der Waals surface area contributed by atoms with Gasteiger partial charge in [0.15, 0.2) is 0 Å². The number of allylic oxidation sites excluding steroid dienone is 2. The van der Waals surface area contributed by atoms with Crippen molar-refractivity contribution in [2.75, 3.05) is 0 Å². The van der Waals surface area contributed by atoms with Crippen LogP contribution in [0.25, 0.3) is 33.9 Å². The van der Waals surface area contributed by atoms with Gasteiger partial charge in [-0.2, -0.15) is 0 Å². The number of hydrogen-bond donors (Lipinski definition) is 2. The molecule has 0 radical (unpaired) electrons. The predicted octanol–water partition coefficient (Wildman–Crippen LogP) is 5.99. The largest absolute Gasteiger partial charge is 0.507 e. The summed E-state index contributed by atoms with van der Waals surface area (Å²) in [6, 6.07) is 25.3. The van der Waals surface area contributed by atoms with Crippen LogP contribution < -0.4 is 0 Å². The third kappa shape index (κ3) is 5.52. The van der Waals surface area contributed by atoms with Crippen molar-refractivity contribution in [2.24, 2.45) is 7.05 Å². The molecule has 0 amide bonds. The predicted molar refractivity (Wildman–Crippen MR) is 135 cm³/mol. The van der Waals surface area contributed by atoms with Gasteiger partial charge in [0, 0.05) is 53.1 Å². The molecule has 0 aliphatic heterocycles. The molecule has 0 bridgehead atoms. The van der Waals surface area contributed by atoms with Crippen LogP contribution >= 0.6 is 0 Å². The van der Waals surface area contributed by atoms with Gasteiger partial charge in [-0.3, -0.25) is 4.98 Å². The molecule has 35 heavy (non-hydrogen) atoms. The quantitative estimate of drug-likeness (QED) is 0.170. The average Bonchev–Trinajstić information content (AvgIpc) is 3.54. The van der Waals surface area contributed by atoms with Crippen molar-refractivity contribution in [3.63, 3.8) is 0 Å². The number of phenolic OH excluding ortho intramolecular Hbond substituents is 1. The number of H-pyrrole nitrogens is 1. The molecule has 3 aromatic carbocycles. The van der Waals surface area contributed by atoms with Crippen molar-refractivity contribution in [1.29, 1.82) is 0 Å². The van der Waals surface area contributed by atoms with Crippen molar-refractivity contribution in [3.8, 4) is 39.7 Å². The van der Waals surface area contributed by atoms with Crippen molar-refractivity contribution < 1.29 is 26.2 Å². The normalized spacial score (nSPS) is 11.0. The van der Waals surface area contributed by atoms with Crippen LogP contribution in [0.5, 0.6) is 5.75 Å². The number of hydrogen-bond acceptors (Lipinski definition) is 3. The summed E-state index contributed by atoms with van der Waals surface area (Å²) < 4.78 is 2.03. The fraction of sp³-hybridized carbons (Fsp3) is 0.103. The number of nitrogens with zero attached hydrogens (tertiary/aromatic N) is 3. The fourth-order valence-corrected chi connectivity index (χ4v) is 4.06. The summed E-state index contributed by atoms with van der Waals surface area (Å²) in [5.74, 6) is 1.80. The Labute approximate surface area is 219 Å². The van der Waals surface area contributed by atoms with Gasteiger partial charge in [-0.15, -0.1) is 35.9 Å². The molecule has 0 saturated carbocycles. The number of aromatic amines is 1. The number of rotatable bonds is 7. The van der Waals surface area contributed by atoms with E-state index in [1.165, 1.54) is 0 Å². The Morgan fingerprint density at radius 2 is 1.80 bits per heavy atom. The Bertz CT molecular complexity index is 1410. The van der Waals surface area contributed by atoms with E-state index in [4.69, 9.17) is 4.98 Å². The van der Waals surface area contributed by atoms with E-state index in [1.54, 1.807) is 12.4 Å². The minimum Gasteiger partial charge on any atom is -0.507 e. The molecule has 2 heterocycles. The SMILES string of the molecule is Cn1cc(C/C=C\Cc2cc(-c3ccccc3)cc(-c3ncc[nH]3)c2O)nc1-c1[c-]cccc1.[Pt]. The Morgan fingerprint density at radius 3 is 2.54 bits per heavy atom. The second kappa shape index (κ2) is 11.2. The van der Waals surface area contributed by atoms with Crippen molar-refractivity contribution in [1.82, 2.24) is 19.5 Å². The molecule has 0 fully saturated rings. The Morgan fingerprint density at radius 1 is 1.00 bits per heavy atom. The first-order valence-corrected chi connectivity index (χ1v) is 11.2. The van der Waals surface area contributed by atoms with E-state index in [9.17, 15) is 5.11 Å². The topological polar surface area (TPSA) is 66.7 Å². The number of aromatic hydroxyl groups is 1. The Hall–Kier alpha value is -3.69. The van der Waals surface area contributed by atoms with Gasteiger partial charge in [-0.1, -0.05) is 42.5 Å². The third-order valence-corrected chi connectivity index (χ3v) is 5.76. The van der Waals surface area contributed by atoms with Gasteiger partial charge in [0.25, 0.3) is 0 Å². The fourth-order valence-electron chi connectivity index (χ4n) is 4.06. The van der Waals surface area contributed by atoms with Gasteiger partial charge in [0.1, 0.15) is 11.6 Å². The Balaban J connectivity index is 0.00000289. The monoisotopic (exact) mass is 640 g/mol. The molecular formula is C29H25N4OPt-. The number of imidazole rings is 2. The first kappa shape index (κ1) is 24.4. The zero-order chi connectivity index (χ0) is 23.3. The summed E-state index contributed by atoms with van der Waals surface area (Å²) >= 11 is 0. The summed E-state index contributed by atoms with van der Waals surface area (Å²) in [6.07, 6.45) is 11.0. The van der Waals surface area contributed by atoms with Crippen LogP contribution in [-0.2, 0) is 41.0 Å². The summed E-state index contributed by atoms with van der Waals surface area (Å²) in [7, 11) is 2.00. The van der Waals surface area contributed by atoms with Gasteiger partial charge in [0.2, 0.25) is 0 Å². The Kier molecular flexibility index (Phi) is 7.79. The molecule has 2 aromatic heterocycles. The summed E-state index contributed by atoms with van der Waals surface area (Å²) in [5.41, 5.74) is 5.66. The van der Waals surface area contributed by atoms with Gasteiger partial charge in [-0.05, 0) is 35.2 Å². The average molecular weight is 641 g/mol. The van der Waals surface area contributed by atoms with Crippen molar-refractivity contribution >= 4 is 0 Å². The van der Waals surface area contributed by atoms with E-state index in [1.807, 2.05) is 72.4 Å². The van der Waals surface area contributed by atoms with Crippen LogP contribution in [0.2, 0.25) is 0 Å².